The van der Waals surface area contributed by atoms with E-state index in [1.165, 1.54) is 6.92 Å². The predicted octanol–water partition coefficient (Wildman–Crippen LogP) is 2.86. The van der Waals surface area contributed by atoms with E-state index in [4.69, 9.17) is 4.74 Å². The Balaban J connectivity index is 2.17. The molecule has 0 aliphatic rings. The Morgan fingerprint density at radius 3 is 2.38 bits per heavy atom. The summed E-state index contributed by atoms with van der Waals surface area (Å²) in [6.07, 6.45) is 0.154. The van der Waals surface area contributed by atoms with E-state index in [0.29, 0.717) is 23.4 Å². The highest BCUT2D eigenvalue weighted by Crippen LogP contribution is 2.21. The number of Topliss-reactive ketones (excluding diaryl/α,β-unsaturated/α-hetero) is 1. The number of benzene rings is 2. The molecule has 0 unspecified atom stereocenters. The maximum Gasteiger partial charge on any atom is 0.225 e. The van der Waals surface area contributed by atoms with Gasteiger partial charge in [0.05, 0.1) is 19.6 Å². The first-order valence-corrected chi connectivity index (χ1v) is 8.57. The van der Waals surface area contributed by atoms with Crippen LogP contribution in [0.25, 0.3) is 0 Å². The zero-order valence-electron chi connectivity index (χ0n) is 15.8. The van der Waals surface area contributed by atoms with E-state index in [2.05, 4.69) is 5.32 Å². The van der Waals surface area contributed by atoms with Gasteiger partial charge in [-0.25, -0.2) is 0 Å². The van der Waals surface area contributed by atoms with Crippen molar-refractivity contribution in [2.75, 3.05) is 27.7 Å². The van der Waals surface area contributed by atoms with Crippen molar-refractivity contribution in [3.8, 4) is 5.75 Å². The van der Waals surface area contributed by atoms with Crippen molar-refractivity contribution in [3.05, 3.63) is 65.2 Å². The molecule has 0 saturated carbocycles. The number of hydrogen-bond donors (Lipinski definition) is 1. The highest BCUT2D eigenvalue weighted by molar-refractivity contribution is 5.94. The highest BCUT2D eigenvalue weighted by atomic mass is 16.5. The van der Waals surface area contributed by atoms with Crippen molar-refractivity contribution in [2.24, 2.45) is 0 Å². The minimum absolute atomic E-state index is 0.0379. The first-order valence-electron chi connectivity index (χ1n) is 8.57. The Morgan fingerprint density at radius 1 is 1.12 bits per heavy atom. The molecule has 5 nitrogen and oxygen atoms in total. The number of methoxy groups -OCH3 is 1. The van der Waals surface area contributed by atoms with Gasteiger partial charge in [0.1, 0.15) is 5.75 Å². The standard InChI is InChI=1S/C21H26N2O3/c1-15(24)17-10-11-20(26-4)18(12-17)13-21(25)22-19(14-23(2)3)16-8-6-5-7-9-16/h5-12,19H,13-14H2,1-4H3,(H,22,25)/t19-/m0/s1. The van der Waals surface area contributed by atoms with Crippen molar-refractivity contribution >= 4 is 11.7 Å². The van der Waals surface area contributed by atoms with Crippen molar-refractivity contribution in [2.45, 2.75) is 19.4 Å². The summed E-state index contributed by atoms with van der Waals surface area (Å²) in [4.78, 5) is 26.3. The topological polar surface area (TPSA) is 58.6 Å². The number of ether oxygens (including phenoxy) is 1. The lowest BCUT2D eigenvalue weighted by Crippen LogP contribution is -2.36. The second kappa shape index (κ2) is 9.15. The zero-order valence-corrected chi connectivity index (χ0v) is 15.8. The van der Waals surface area contributed by atoms with Gasteiger partial charge in [-0.2, -0.15) is 0 Å². The molecule has 0 aliphatic heterocycles. The molecular formula is C21H26N2O3. The zero-order chi connectivity index (χ0) is 19.1. The fourth-order valence-electron chi connectivity index (χ4n) is 2.84. The molecule has 26 heavy (non-hydrogen) atoms. The maximum absolute atomic E-state index is 12.7. The van der Waals surface area contributed by atoms with Crippen molar-refractivity contribution in [3.63, 3.8) is 0 Å². The van der Waals surface area contributed by atoms with Crippen LogP contribution in [0.4, 0.5) is 0 Å². The number of nitrogens with zero attached hydrogens (tertiary/aromatic N) is 1. The second-order valence-electron chi connectivity index (χ2n) is 6.55. The third-order valence-corrected chi connectivity index (χ3v) is 4.12. The Morgan fingerprint density at radius 2 is 1.81 bits per heavy atom. The molecule has 0 bridgehead atoms. The van der Waals surface area contributed by atoms with Gasteiger partial charge in [0.15, 0.2) is 5.78 Å². The van der Waals surface area contributed by atoms with E-state index in [1.807, 2.05) is 49.3 Å². The molecule has 0 fully saturated rings. The summed E-state index contributed by atoms with van der Waals surface area (Å²) in [6, 6.07) is 14.9. The molecule has 2 aromatic carbocycles. The Kier molecular flexibility index (Phi) is 6.92. The molecule has 138 valence electrons. The molecular weight excluding hydrogens is 328 g/mol. The van der Waals surface area contributed by atoms with E-state index in [9.17, 15) is 9.59 Å². The predicted molar refractivity (Wildman–Crippen MR) is 103 cm³/mol. The van der Waals surface area contributed by atoms with Crippen LogP contribution in [0.3, 0.4) is 0 Å². The monoisotopic (exact) mass is 354 g/mol. The molecule has 2 rings (SSSR count). The van der Waals surface area contributed by atoms with Gasteiger partial charge in [0, 0.05) is 17.7 Å². The van der Waals surface area contributed by atoms with Crippen molar-refractivity contribution in [1.82, 2.24) is 10.2 Å². The fourth-order valence-corrected chi connectivity index (χ4v) is 2.84. The number of hydrogen-bond acceptors (Lipinski definition) is 4. The number of nitrogens with one attached hydrogen (secondary N) is 1. The van der Waals surface area contributed by atoms with Gasteiger partial charge in [-0.3, -0.25) is 9.59 Å². The summed E-state index contributed by atoms with van der Waals surface area (Å²) in [6.45, 7) is 2.20. The summed E-state index contributed by atoms with van der Waals surface area (Å²) in [5, 5.41) is 3.09. The van der Waals surface area contributed by atoms with E-state index in [1.54, 1.807) is 25.3 Å². The SMILES string of the molecule is COc1ccc(C(C)=O)cc1CC(=O)N[C@@H](CN(C)C)c1ccccc1. The van der Waals surface area contributed by atoms with Crippen LogP contribution in [-0.4, -0.2) is 44.3 Å². The molecule has 1 N–H and O–H groups in total. The van der Waals surface area contributed by atoms with Crippen LogP contribution in [0, 0.1) is 0 Å². The molecule has 2 aromatic rings. The molecule has 1 amide bonds. The summed E-state index contributed by atoms with van der Waals surface area (Å²) in [5.74, 6) is 0.456. The van der Waals surface area contributed by atoms with Gasteiger partial charge in [-0.15, -0.1) is 0 Å². The second-order valence-corrected chi connectivity index (χ2v) is 6.55. The molecule has 0 spiro atoms. The lowest BCUT2D eigenvalue weighted by Gasteiger charge is -2.23. The lowest BCUT2D eigenvalue weighted by atomic mass is 10.0. The lowest BCUT2D eigenvalue weighted by molar-refractivity contribution is -0.121. The smallest absolute Gasteiger partial charge is 0.225 e. The van der Waals surface area contributed by atoms with Crippen molar-refractivity contribution < 1.29 is 14.3 Å². The molecule has 0 aromatic heterocycles. The van der Waals surface area contributed by atoms with E-state index >= 15 is 0 Å². The van der Waals surface area contributed by atoms with Crippen LogP contribution in [0.5, 0.6) is 5.75 Å². The summed E-state index contributed by atoms with van der Waals surface area (Å²) >= 11 is 0. The first-order chi connectivity index (χ1) is 12.4. The molecule has 0 heterocycles. The Hall–Kier alpha value is -2.66. The molecule has 0 saturated heterocycles. The van der Waals surface area contributed by atoms with E-state index in [-0.39, 0.29) is 24.2 Å². The first kappa shape index (κ1) is 19.7. The summed E-state index contributed by atoms with van der Waals surface area (Å²) in [7, 11) is 5.51. The summed E-state index contributed by atoms with van der Waals surface area (Å²) in [5.41, 5.74) is 2.33. The highest BCUT2D eigenvalue weighted by Gasteiger charge is 2.17. The van der Waals surface area contributed by atoms with Gasteiger partial charge >= 0.3 is 0 Å². The number of ketones is 1. The quantitative estimate of drug-likeness (QED) is 0.741. The van der Waals surface area contributed by atoms with Crippen LogP contribution < -0.4 is 10.1 Å². The number of carbonyl (C=O) groups is 2. The largest absolute Gasteiger partial charge is 0.496 e. The number of rotatable bonds is 8. The van der Waals surface area contributed by atoms with Crippen LogP contribution in [0.15, 0.2) is 48.5 Å². The fraction of sp³-hybridized carbons (Fsp3) is 0.333. The number of amides is 1. The van der Waals surface area contributed by atoms with E-state index < -0.39 is 0 Å². The number of carbonyl (C=O) groups excluding carboxylic acids is 2. The van der Waals surface area contributed by atoms with Crippen LogP contribution in [0.1, 0.15) is 34.5 Å². The van der Waals surface area contributed by atoms with Crippen LogP contribution >= 0.6 is 0 Å². The third-order valence-electron chi connectivity index (χ3n) is 4.12. The maximum atomic E-state index is 12.7. The average Bonchev–Trinajstić information content (AvgIpc) is 2.61. The normalized spacial score (nSPS) is 11.9. The van der Waals surface area contributed by atoms with Gasteiger partial charge in [-0.1, -0.05) is 30.3 Å². The molecule has 5 heteroatoms. The molecule has 0 aliphatic carbocycles. The van der Waals surface area contributed by atoms with Crippen LogP contribution in [0.2, 0.25) is 0 Å². The van der Waals surface area contributed by atoms with E-state index in [0.717, 1.165) is 5.56 Å². The Bertz CT molecular complexity index is 757. The summed E-state index contributed by atoms with van der Waals surface area (Å²) < 4.78 is 5.34. The van der Waals surface area contributed by atoms with Crippen molar-refractivity contribution in [1.29, 1.82) is 0 Å². The third kappa shape index (κ3) is 5.43. The minimum Gasteiger partial charge on any atom is -0.496 e. The minimum atomic E-state index is -0.111. The average molecular weight is 354 g/mol. The van der Waals surface area contributed by atoms with Gasteiger partial charge in [-0.05, 0) is 44.8 Å². The number of likely N-dealkylation sites (N-methyl/N-ethyl adjacent to an activating group) is 1. The van der Waals surface area contributed by atoms with Crippen LogP contribution in [-0.2, 0) is 11.2 Å². The molecule has 0 radical (unpaired) electrons. The van der Waals surface area contributed by atoms with Gasteiger partial charge in [0.25, 0.3) is 0 Å². The van der Waals surface area contributed by atoms with Gasteiger partial charge in [0.2, 0.25) is 5.91 Å². The van der Waals surface area contributed by atoms with Gasteiger partial charge < -0.3 is 15.0 Å². The Labute approximate surface area is 155 Å². The molecule has 1 atom stereocenters.